The molecule has 0 bridgehead atoms. The molecule has 2 atom stereocenters. The van der Waals surface area contributed by atoms with Crippen LogP contribution in [0, 0.1) is 0 Å². The molecule has 17 heavy (non-hydrogen) atoms. The number of ether oxygens (including phenoxy) is 2. The van der Waals surface area contributed by atoms with Gasteiger partial charge < -0.3 is 14.8 Å². The number of hydrogen-bond donors (Lipinski definition) is 1. The molecule has 1 heterocycles. The van der Waals surface area contributed by atoms with Gasteiger partial charge in [-0.25, -0.2) is 9.18 Å². The number of alkyl carbamates (subject to hydrolysis) is 1. The minimum Gasteiger partial charge on any atom is -0.446 e. The Kier molecular flexibility index (Phi) is 3.58. The van der Waals surface area contributed by atoms with Crippen molar-refractivity contribution in [3.63, 3.8) is 0 Å². The number of hydrogen-bond acceptors (Lipinski definition) is 3. The second-order valence-corrected chi connectivity index (χ2v) is 3.77. The Morgan fingerprint density at radius 2 is 2.24 bits per heavy atom. The highest BCUT2D eigenvalue weighted by Gasteiger charge is 2.28. The fraction of sp³-hybridized carbons (Fsp3) is 0.417. The van der Waals surface area contributed by atoms with Crippen LogP contribution in [0.15, 0.2) is 24.3 Å². The average molecular weight is 239 g/mol. The molecule has 1 N–H and O–H groups in total. The first kappa shape index (κ1) is 11.9. The first-order valence-electron chi connectivity index (χ1n) is 5.41. The van der Waals surface area contributed by atoms with E-state index in [9.17, 15) is 9.18 Å². The first-order chi connectivity index (χ1) is 8.22. The quantitative estimate of drug-likeness (QED) is 0.860. The second-order valence-electron chi connectivity index (χ2n) is 3.77. The number of rotatable bonds is 2. The summed E-state index contributed by atoms with van der Waals surface area (Å²) in [6, 6.07) is 7.12. The van der Waals surface area contributed by atoms with Crippen LogP contribution in [0.2, 0.25) is 0 Å². The molecule has 0 saturated carbocycles. The highest BCUT2D eigenvalue weighted by molar-refractivity contribution is 5.66. The van der Waals surface area contributed by atoms with Crippen molar-refractivity contribution < 1.29 is 18.7 Å². The molecule has 92 valence electrons. The van der Waals surface area contributed by atoms with E-state index in [1.807, 2.05) is 6.07 Å². The molecule has 0 spiro atoms. The van der Waals surface area contributed by atoms with Crippen LogP contribution in [0.5, 0.6) is 0 Å². The molecular formula is C12H14FNO3. The van der Waals surface area contributed by atoms with Gasteiger partial charge in [-0.05, 0) is 11.1 Å². The monoisotopic (exact) mass is 239 g/mol. The molecule has 1 amide bonds. The second kappa shape index (κ2) is 5.14. The van der Waals surface area contributed by atoms with Gasteiger partial charge >= 0.3 is 6.09 Å². The summed E-state index contributed by atoms with van der Waals surface area (Å²) in [6.45, 7) is 0.0855. The van der Waals surface area contributed by atoms with Crippen LogP contribution < -0.4 is 5.32 Å². The standard InChI is InChI=1S/C12H14FNO3/c1-14-12(15)17-7-11-9-5-3-2-4-8(9)10(13)6-16-11/h2-5,10-11H,6-7H2,1H3,(H,14,15)/t10-,11-/m1/s1. The largest absolute Gasteiger partial charge is 0.446 e. The molecule has 2 rings (SSSR count). The Balaban J connectivity index is 2.10. The molecule has 0 radical (unpaired) electrons. The highest BCUT2D eigenvalue weighted by atomic mass is 19.1. The SMILES string of the molecule is CNC(=O)OC[C@H]1OC[C@@H](F)c2ccccc21. The van der Waals surface area contributed by atoms with Crippen molar-refractivity contribution in [3.8, 4) is 0 Å². The summed E-state index contributed by atoms with van der Waals surface area (Å²) >= 11 is 0. The molecule has 0 aliphatic carbocycles. The summed E-state index contributed by atoms with van der Waals surface area (Å²) < 4.78 is 23.8. The van der Waals surface area contributed by atoms with Crippen LogP contribution in [0.25, 0.3) is 0 Å². The molecule has 1 aromatic rings. The maximum atomic E-state index is 13.6. The number of nitrogens with one attached hydrogen (secondary N) is 1. The van der Waals surface area contributed by atoms with E-state index in [1.54, 1.807) is 18.2 Å². The Hall–Kier alpha value is -1.62. The summed E-state index contributed by atoms with van der Waals surface area (Å²) in [5.74, 6) is 0. The zero-order valence-corrected chi connectivity index (χ0v) is 9.48. The van der Waals surface area contributed by atoms with Gasteiger partial charge in [0, 0.05) is 7.05 Å². The third kappa shape index (κ3) is 2.55. The molecule has 0 aromatic heterocycles. The highest BCUT2D eigenvalue weighted by Crippen LogP contribution is 2.34. The predicted molar refractivity (Wildman–Crippen MR) is 59.4 cm³/mol. The number of benzene rings is 1. The van der Waals surface area contributed by atoms with Crippen molar-refractivity contribution in [2.45, 2.75) is 12.3 Å². The van der Waals surface area contributed by atoms with E-state index in [0.29, 0.717) is 5.56 Å². The van der Waals surface area contributed by atoms with E-state index in [-0.39, 0.29) is 13.2 Å². The van der Waals surface area contributed by atoms with Gasteiger partial charge in [0.1, 0.15) is 18.9 Å². The predicted octanol–water partition coefficient (Wildman–Crippen LogP) is 2.12. The smallest absolute Gasteiger partial charge is 0.406 e. The zero-order valence-electron chi connectivity index (χ0n) is 9.48. The fourth-order valence-electron chi connectivity index (χ4n) is 1.83. The van der Waals surface area contributed by atoms with Gasteiger partial charge in [-0.1, -0.05) is 24.3 Å². The van der Waals surface area contributed by atoms with Gasteiger partial charge in [0.25, 0.3) is 0 Å². The minimum atomic E-state index is -1.11. The van der Waals surface area contributed by atoms with E-state index < -0.39 is 18.4 Å². The van der Waals surface area contributed by atoms with Gasteiger partial charge in [0.05, 0.1) is 6.61 Å². The van der Waals surface area contributed by atoms with Crippen LogP contribution >= 0.6 is 0 Å². The number of carbonyl (C=O) groups excluding carboxylic acids is 1. The third-order valence-corrected chi connectivity index (χ3v) is 2.69. The molecule has 1 aliphatic rings. The van der Waals surface area contributed by atoms with Gasteiger partial charge in [0.15, 0.2) is 0 Å². The molecule has 1 aliphatic heterocycles. The Bertz CT molecular complexity index is 410. The first-order valence-corrected chi connectivity index (χ1v) is 5.41. The van der Waals surface area contributed by atoms with Crippen LogP contribution in [-0.2, 0) is 9.47 Å². The van der Waals surface area contributed by atoms with E-state index in [1.165, 1.54) is 7.05 Å². The average Bonchev–Trinajstić information content (AvgIpc) is 2.38. The van der Waals surface area contributed by atoms with E-state index in [0.717, 1.165) is 5.56 Å². The van der Waals surface area contributed by atoms with Crippen LogP contribution in [-0.4, -0.2) is 26.4 Å². The third-order valence-electron chi connectivity index (χ3n) is 2.69. The molecular weight excluding hydrogens is 225 g/mol. The summed E-state index contributed by atoms with van der Waals surface area (Å²) in [4.78, 5) is 11.0. The lowest BCUT2D eigenvalue weighted by Gasteiger charge is -2.27. The van der Waals surface area contributed by atoms with Gasteiger partial charge in [-0.3, -0.25) is 0 Å². The molecule has 5 heteroatoms. The number of fused-ring (bicyclic) bond motifs is 1. The van der Waals surface area contributed by atoms with Crippen molar-refractivity contribution in [1.82, 2.24) is 5.32 Å². The molecule has 0 fully saturated rings. The normalized spacial score (nSPS) is 22.7. The topological polar surface area (TPSA) is 47.6 Å². The molecule has 0 unspecified atom stereocenters. The summed E-state index contributed by atoms with van der Waals surface area (Å²) in [5, 5.41) is 2.35. The van der Waals surface area contributed by atoms with Gasteiger partial charge in [-0.2, -0.15) is 0 Å². The van der Waals surface area contributed by atoms with Gasteiger partial charge in [0.2, 0.25) is 0 Å². The lowest BCUT2D eigenvalue weighted by molar-refractivity contribution is -0.0328. The van der Waals surface area contributed by atoms with Crippen molar-refractivity contribution in [1.29, 1.82) is 0 Å². The van der Waals surface area contributed by atoms with Gasteiger partial charge in [-0.15, -0.1) is 0 Å². The van der Waals surface area contributed by atoms with Crippen molar-refractivity contribution >= 4 is 6.09 Å². The number of halogens is 1. The van der Waals surface area contributed by atoms with Crippen LogP contribution in [0.1, 0.15) is 23.4 Å². The fourth-order valence-corrected chi connectivity index (χ4v) is 1.83. The maximum Gasteiger partial charge on any atom is 0.406 e. The van der Waals surface area contributed by atoms with Crippen LogP contribution in [0.4, 0.5) is 9.18 Å². The lowest BCUT2D eigenvalue weighted by atomic mass is 9.97. The number of carbonyl (C=O) groups is 1. The minimum absolute atomic E-state index is 0.00121. The lowest BCUT2D eigenvalue weighted by Crippen LogP contribution is -2.26. The number of amides is 1. The van der Waals surface area contributed by atoms with Crippen molar-refractivity contribution in [2.75, 3.05) is 20.3 Å². The summed E-state index contributed by atoms with van der Waals surface area (Å²) in [5.41, 5.74) is 1.36. The zero-order chi connectivity index (χ0) is 12.3. The summed E-state index contributed by atoms with van der Waals surface area (Å²) in [6.07, 6.45) is -2.02. The van der Waals surface area contributed by atoms with E-state index >= 15 is 0 Å². The van der Waals surface area contributed by atoms with Crippen molar-refractivity contribution in [3.05, 3.63) is 35.4 Å². The number of alkyl halides is 1. The Labute approximate surface area is 98.7 Å². The summed E-state index contributed by atoms with van der Waals surface area (Å²) in [7, 11) is 1.48. The van der Waals surface area contributed by atoms with E-state index in [2.05, 4.69) is 5.32 Å². The van der Waals surface area contributed by atoms with E-state index in [4.69, 9.17) is 9.47 Å². The molecule has 0 saturated heterocycles. The molecule has 4 nitrogen and oxygen atoms in total. The molecule has 1 aromatic carbocycles. The Morgan fingerprint density at radius 3 is 2.94 bits per heavy atom. The van der Waals surface area contributed by atoms with Crippen molar-refractivity contribution in [2.24, 2.45) is 0 Å². The Morgan fingerprint density at radius 1 is 1.53 bits per heavy atom. The van der Waals surface area contributed by atoms with Crippen LogP contribution in [0.3, 0.4) is 0 Å². The maximum absolute atomic E-state index is 13.6.